The van der Waals surface area contributed by atoms with Crippen molar-refractivity contribution in [1.29, 1.82) is 5.26 Å². The van der Waals surface area contributed by atoms with Crippen LogP contribution in [0.2, 0.25) is 0 Å². The SMILES string of the molecule is CN1CCN(c2ccc(F)c(C[C@@H](C#N)CC(=O)[C@H]3N[C@@H]4CC[C@H]3C4)c2)CC1. The predicted molar refractivity (Wildman–Crippen MR) is 107 cm³/mol. The van der Waals surface area contributed by atoms with Crippen LogP contribution in [0.25, 0.3) is 0 Å². The number of rotatable bonds is 6. The van der Waals surface area contributed by atoms with Gasteiger partial charge in [0.25, 0.3) is 0 Å². The molecule has 4 rings (SSSR count). The smallest absolute Gasteiger partial charge is 0.151 e. The van der Waals surface area contributed by atoms with E-state index in [4.69, 9.17) is 0 Å². The fraction of sp³-hybridized carbons (Fsp3) is 0.636. The van der Waals surface area contributed by atoms with E-state index in [9.17, 15) is 14.4 Å². The van der Waals surface area contributed by atoms with Crippen molar-refractivity contribution in [1.82, 2.24) is 10.2 Å². The number of hydrogen-bond donors (Lipinski definition) is 1. The normalized spacial score (nSPS) is 28.3. The Morgan fingerprint density at radius 1 is 1.32 bits per heavy atom. The van der Waals surface area contributed by atoms with Gasteiger partial charge in [0.05, 0.1) is 18.0 Å². The molecule has 150 valence electrons. The first-order chi connectivity index (χ1) is 13.5. The molecule has 0 unspecified atom stereocenters. The second-order valence-electron chi connectivity index (χ2n) is 8.68. The van der Waals surface area contributed by atoms with Crippen LogP contribution >= 0.6 is 0 Å². The lowest BCUT2D eigenvalue weighted by Gasteiger charge is -2.34. The average molecular weight is 384 g/mol. The third kappa shape index (κ3) is 4.06. The molecule has 4 atom stereocenters. The van der Waals surface area contributed by atoms with E-state index in [0.717, 1.165) is 51.1 Å². The number of nitrogens with one attached hydrogen (secondary N) is 1. The molecule has 1 saturated carbocycles. The third-order valence-corrected chi connectivity index (χ3v) is 6.70. The van der Waals surface area contributed by atoms with Gasteiger partial charge < -0.3 is 15.1 Å². The van der Waals surface area contributed by atoms with E-state index in [2.05, 4.69) is 28.2 Å². The van der Waals surface area contributed by atoms with Gasteiger partial charge in [0.1, 0.15) is 5.82 Å². The van der Waals surface area contributed by atoms with E-state index in [1.165, 1.54) is 6.07 Å². The molecule has 3 fully saturated rings. The number of fused-ring (bicyclic) bond motifs is 2. The molecule has 5 nitrogen and oxygen atoms in total. The van der Waals surface area contributed by atoms with Crippen LogP contribution in [0.15, 0.2) is 18.2 Å². The zero-order valence-corrected chi connectivity index (χ0v) is 16.5. The Morgan fingerprint density at radius 2 is 2.11 bits per heavy atom. The molecule has 2 aliphatic heterocycles. The van der Waals surface area contributed by atoms with Crippen molar-refractivity contribution >= 4 is 11.5 Å². The zero-order valence-electron chi connectivity index (χ0n) is 16.5. The fourth-order valence-electron chi connectivity index (χ4n) is 4.99. The molecule has 28 heavy (non-hydrogen) atoms. The molecule has 0 radical (unpaired) electrons. The highest BCUT2D eigenvalue weighted by molar-refractivity contribution is 5.85. The lowest BCUT2D eigenvalue weighted by Crippen LogP contribution is -2.44. The third-order valence-electron chi connectivity index (χ3n) is 6.70. The maximum absolute atomic E-state index is 14.4. The Kier molecular flexibility index (Phi) is 5.65. The molecule has 1 aromatic carbocycles. The molecule has 1 aliphatic carbocycles. The summed E-state index contributed by atoms with van der Waals surface area (Å²) < 4.78 is 14.4. The van der Waals surface area contributed by atoms with Crippen LogP contribution in [-0.2, 0) is 11.2 Å². The summed E-state index contributed by atoms with van der Waals surface area (Å²) in [6, 6.07) is 7.79. The lowest BCUT2D eigenvalue weighted by molar-refractivity contribution is -0.122. The van der Waals surface area contributed by atoms with E-state index in [0.29, 0.717) is 17.5 Å². The number of carbonyl (C=O) groups excluding carboxylic acids is 1. The Balaban J connectivity index is 1.41. The van der Waals surface area contributed by atoms with Gasteiger partial charge in [-0.2, -0.15) is 5.26 Å². The highest BCUT2D eigenvalue weighted by Crippen LogP contribution is 2.36. The van der Waals surface area contributed by atoms with Crippen LogP contribution in [0.3, 0.4) is 0 Å². The molecule has 2 bridgehead atoms. The number of piperidine rings is 1. The summed E-state index contributed by atoms with van der Waals surface area (Å²) in [4.78, 5) is 17.2. The van der Waals surface area contributed by atoms with Gasteiger partial charge in [-0.05, 0) is 62.4 Å². The molecular formula is C22H29FN4O. The zero-order chi connectivity index (χ0) is 19.7. The van der Waals surface area contributed by atoms with Crippen LogP contribution < -0.4 is 10.2 Å². The minimum atomic E-state index is -0.481. The summed E-state index contributed by atoms with van der Waals surface area (Å²) in [5.74, 6) is -0.224. The first-order valence-corrected chi connectivity index (χ1v) is 10.4. The van der Waals surface area contributed by atoms with Gasteiger partial charge in [-0.1, -0.05) is 0 Å². The van der Waals surface area contributed by atoms with Gasteiger partial charge >= 0.3 is 0 Å². The van der Waals surface area contributed by atoms with E-state index in [1.54, 1.807) is 0 Å². The maximum Gasteiger partial charge on any atom is 0.151 e. The summed E-state index contributed by atoms with van der Waals surface area (Å²) in [5.41, 5.74) is 1.54. The van der Waals surface area contributed by atoms with Crippen molar-refractivity contribution in [2.24, 2.45) is 11.8 Å². The minimum absolute atomic E-state index is 0.101. The molecule has 3 aliphatic rings. The molecule has 2 saturated heterocycles. The first kappa shape index (κ1) is 19.4. The Labute approximate surface area is 166 Å². The second kappa shape index (κ2) is 8.18. The standard InChI is InChI=1S/C22H29FN4O/c1-26-6-8-27(9-7-26)19-4-5-20(23)17(13-19)10-15(14-24)11-21(28)22-16-2-3-18(12-16)25-22/h4-5,13,15-16,18,22,25H,2-3,6-12H2,1H3/t15-,16+,18-,22+/m1/s1. The monoisotopic (exact) mass is 384 g/mol. The molecule has 6 heteroatoms. The average Bonchev–Trinajstić information content (AvgIpc) is 3.33. The number of nitriles is 1. The summed E-state index contributed by atoms with van der Waals surface area (Å²) in [7, 11) is 2.10. The van der Waals surface area contributed by atoms with Gasteiger partial charge in [0.2, 0.25) is 0 Å². The van der Waals surface area contributed by atoms with Crippen molar-refractivity contribution in [2.45, 2.75) is 44.2 Å². The maximum atomic E-state index is 14.4. The molecule has 1 aromatic rings. The van der Waals surface area contributed by atoms with Crippen molar-refractivity contribution in [3.05, 3.63) is 29.6 Å². The van der Waals surface area contributed by atoms with E-state index in [1.807, 2.05) is 12.1 Å². The summed E-state index contributed by atoms with van der Waals surface area (Å²) in [6.45, 7) is 3.80. The van der Waals surface area contributed by atoms with E-state index < -0.39 is 5.92 Å². The molecule has 0 spiro atoms. The Bertz CT molecular complexity index is 768. The number of piperazine rings is 1. The molecule has 1 N–H and O–H groups in total. The highest BCUT2D eigenvalue weighted by Gasteiger charge is 2.42. The fourth-order valence-corrected chi connectivity index (χ4v) is 4.99. The number of anilines is 1. The van der Waals surface area contributed by atoms with Crippen LogP contribution in [-0.4, -0.2) is 56.0 Å². The minimum Gasteiger partial charge on any atom is -0.369 e. The number of ketones is 1. The van der Waals surface area contributed by atoms with E-state index in [-0.39, 0.29) is 30.5 Å². The Morgan fingerprint density at radius 3 is 2.75 bits per heavy atom. The number of nitrogens with zero attached hydrogens (tertiary/aromatic N) is 3. The van der Waals surface area contributed by atoms with Crippen LogP contribution in [0.5, 0.6) is 0 Å². The molecular weight excluding hydrogens is 355 g/mol. The number of likely N-dealkylation sites (N-methyl/N-ethyl adjacent to an activating group) is 1. The van der Waals surface area contributed by atoms with Gasteiger partial charge in [-0.25, -0.2) is 4.39 Å². The lowest BCUT2D eigenvalue weighted by atomic mass is 9.88. The quantitative estimate of drug-likeness (QED) is 0.816. The number of hydrogen-bond acceptors (Lipinski definition) is 5. The van der Waals surface area contributed by atoms with Crippen molar-refractivity contribution in [3.63, 3.8) is 0 Å². The molecule has 0 amide bonds. The number of halogens is 1. The number of carbonyl (C=O) groups is 1. The van der Waals surface area contributed by atoms with Crippen LogP contribution in [0.1, 0.15) is 31.2 Å². The summed E-state index contributed by atoms with van der Waals surface area (Å²) >= 11 is 0. The van der Waals surface area contributed by atoms with Crippen molar-refractivity contribution in [3.8, 4) is 6.07 Å². The van der Waals surface area contributed by atoms with Crippen molar-refractivity contribution in [2.75, 3.05) is 38.1 Å². The van der Waals surface area contributed by atoms with Crippen LogP contribution in [0, 0.1) is 29.0 Å². The van der Waals surface area contributed by atoms with Crippen LogP contribution in [0.4, 0.5) is 10.1 Å². The molecule has 0 aromatic heterocycles. The van der Waals surface area contributed by atoms with Gasteiger partial charge in [-0.3, -0.25) is 4.79 Å². The Hall–Kier alpha value is -1.97. The van der Waals surface area contributed by atoms with E-state index >= 15 is 0 Å². The highest BCUT2D eigenvalue weighted by atomic mass is 19.1. The van der Waals surface area contributed by atoms with Gasteiger partial charge in [0.15, 0.2) is 5.78 Å². The largest absolute Gasteiger partial charge is 0.369 e. The summed E-state index contributed by atoms with van der Waals surface area (Å²) in [5, 5.41) is 13.0. The van der Waals surface area contributed by atoms with Gasteiger partial charge in [0, 0.05) is 44.3 Å². The summed E-state index contributed by atoms with van der Waals surface area (Å²) in [6.07, 6.45) is 3.83. The van der Waals surface area contributed by atoms with Gasteiger partial charge in [-0.15, -0.1) is 0 Å². The topological polar surface area (TPSA) is 59.4 Å². The molecule has 2 heterocycles. The number of Topliss-reactive ketones (excluding diaryl/α,β-unsaturated/α-hetero) is 1. The predicted octanol–water partition coefficient (Wildman–Crippen LogP) is 2.36. The number of benzene rings is 1. The van der Waals surface area contributed by atoms with Crippen molar-refractivity contribution < 1.29 is 9.18 Å². The second-order valence-corrected chi connectivity index (χ2v) is 8.68. The first-order valence-electron chi connectivity index (χ1n) is 10.4.